The third kappa shape index (κ3) is 3.48. The molecular formula is C21H21NO6S. The molecule has 152 valence electrons. The van der Waals surface area contributed by atoms with E-state index in [4.69, 9.17) is 9.47 Å². The van der Waals surface area contributed by atoms with Gasteiger partial charge in [-0.2, -0.15) is 0 Å². The molecule has 29 heavy (non-hydrogen) atoms. The lowest BCUT2D eigenvalue weighted by atomic mass is 10.2. The average Bonchev–Trinajstić information content (AvgIpc) is 3.34. The van der Waals surface area contributed by atoms with Crippen LogP contribution in [-0.4, -0.2) is 39.9 Å². The SMILES string of the molecule is COc1ccc(S(=O)(=O)N2CCc3ccccc32)cc1C(=O)O[C@H]1CCCC1=O. The van der Waals surface area contributed by atoms with Gasteiger partial charge in [-0.05, 0) is 49.1 Å². The first-order valence-corrected chi connectivity index (χ1v) is 10.9. The molecule has 0 radical (unpaired) electrons. The lowest BCUT2D eigenvalue weighted by Crippen LogP contribution is -2.29. The number of anilines is 1. The Balaban J connectivity index is 1.67. The van der Waals surface area contributed by atoms with Crippen LogP contribution in [0.3, 0.4) is 0 Å². The van der Waals surface area contributed by atoms with Crippen LogP contribution in [0.15, 0.2) is 47.4 Å². The number of methoxy groups -OCH3 is 1. The van der Waals surface area contributed by atoms with Crippen LogP contribution in [0.25, 0.3) is 0 Å². The zero-order valence-corrected chi connectivity index (χ0v) is 16.8. The largest absolute Gasteiger partial charge is 0.496 e. The minimum absolute atomic E-state index is 0.0132. The van der Waals surface area contributed by atoms with Gasteiger partial charge in [0.1, 0.15) is 11.3 Å². The monoisotopic (exact) mass is 415 g/mol. The van der Waals surface area contributed by atoms with Crippen LogP contribution in [0.5, 0.6) is 5.75 Å². The summed E-state index contributed by atoms with van der Waals surface area (Å²) in [5.41, 5.74) is 1.59. The Morgan fingerprint density at radius 3 is 2.66 bits per heavy atom. The van der Waals surface area contributed by atoms with Gasteiger partial charge >= 0.3 is 5.97 Å². The fourth-order valence-corrected chi connectivity index (χ4v) is 5.32. The van der Waals surface area contributed by atoms with E-state index in [1.807, 2.05) is 12.1 Å². The predicted octanol–water partition coefficient (Wildman–Crippen LogP) is 2.73. The summed E-state index contributed by atoms with van der Waals surface area (Å²) < 4.78 is 38.4. The van der Waals surface area contributed by atoms with Crippen molar-refractivity contribution in [3.05, 3.63) is 53.6 Å². The highest BCUT2D eigenvalue weighted by Crippen LogP contribution is 2.34. The zero-order valence-electron chi connectivity index (χ0n) is 16.0. The van der Waals surface area contributed by atoms with Gasteiger partial charge in [0.2, 0.25) is 0 Å². The normalized spacial score (nSPS) is 18.6. The van der Waals surface area contributed by atoms with Gasteiger partial charge in [0, 0.05) is 13.0 Å². The zero-order chi connectivity index (χ0) is 20.6. The van der Waals surface area contributed by atoms with Gasteiger partial charge in [-0.15, -0.1) is 0 Å². The minimum Gasteiger partial charge on any atom is -0.496 e. The van der Waals surface area contributed by atoms with E-state index in [-0.39, 0.29) is 22.0 Å². The number of hydrogen-bond acceptors (Lipinski definition) is 6. The van der Waals surface area contributed by atoms with Crippen LogP contribution < -0.4 is 9.04 Å². The minimum atomic E-state index is -3.87. The Bertz CT molecular complexity index is 1080. The second kappa shape index (κ2) is 7.51. The number of fused-ring (bicyclic) bond motifs is 1. The lowest BCUT2D eigenvalue weighted by molar-refractivity contribution is -0.124. The van der Waals surface area contributed by atoms with E-state index in [9.17, 15) is 18.0 Å². The Labute approximate surface area is 169 Å². The molecule has 0 aromatic heterocycles. The molecule has 2 aromatic carbocycles. The summed E-state index contributed by atoms with van der Waals surface area (Å²) in [7, 11) is -2.48. The maximum Gasteiger partial charge on any atom is 0.342 e. The molecule has 4 rings (SSSR count). The van der Waals surface area contributed by atoms with E-state index in [2.05, 4.69) is 0 Å². The van der Waals surface area contributed by atoms with Crippen LogP contribution in [0.2, 0.25) is 0 Å². The highest BCUT2D eigenvalue weighted by atomic mass is 32.2. The molecule has 1 fully saturated rings. The molecule has 0 bridgehead atoms. The molecule has 7 nitrogen and oxygen atoms in total. The molecule has 1 heterocycles. The maximum atomic E-state index is 13.2. The number of carbonyl (C=O) groups excluding carboxylic acids is 2. The van der Waals surface area contributed by atoms with Crippen molar-refractivity contribution in [1.82, 2.24) is 0 Å². The van der Waals surface area contributed by atoms with Crippen LogP contribution in [0.1, 0.15) is 35.2 Å². The topological polar surface area (TPSA) is 90.0 Å². The molecule has 0 amide bonds. The first kappa shape index (κ1) is 19.4. The molecular weight excluding hydrogens is 394 g/mol. The number of para-hydroxylation sites is 1. The average molecular weight is 415 g/mol. The fraction of sp³-hybridized carbons (Fsp3) is 0.333. The summed E-state index contributed by atoms with van der Waals surface area (Å²) in [5.74, 6) is -0.683. The number of hydrogen-bond donors (Lipinski definition) is 0. The molecule has 0 unspecified atom stereocenters. The maximum absolute atomic E-state index is 13.2. The second-order valence-corrected chi connectivity index (χ2v) is 8.93. The summed E-state index contributed by atoms with van der Waals surface area (Å²) in [4.78, 5) is 24.4. The predicted molar refractivity (Wildman–Crippen MR) is 106 cm³/mol. The molecule has 1 aliphatic carbocycles. The number of nitrogens with zero attached hydrogens (tertiary/aromatic N) is 1. The third-order valence-electron chi connectivity index (χ3n) is 5.32. The first-order valence-electron chi connectivity index (χ1n) is 9.44. The number of sulfonamides is 1. The summed E-state index contributed by atoms with van der Waals surface area (Å²) in [6.45, 7) is 0.337. The van der Waals surface area contributed by atoms with Gasteiger partial charge in [0.15, 0.2) is 11.9 Å². The summed E-state index contributed by atoms with van der Waals surface area (Å²) in [6.07, 6.45) is 1.40. The highest BCUT2D eigenvalue weighted by molar-refractivity contribution is 7.92. The summed E-state index contributed by atoms with van der Waals surface area (Å²) in [6, 6.07) is 11.4. The Morgan fingerprint density at radius 2 is 1.93 bits per heavy atom. The van der Waals surface area contributed by atoms with Crippen molar-refractivity contribution in [3.8, 4) is 5.75 Å². The number of Topliss-reactive ketones (excluding diaryl/α,β-unsaturated/α-hetero) is 1. The van der Waals surface area contributed by atoms with Crippen LogP contribution in [0.4, 0.5) is 5.69 Å². The van der Waals surface area contributed by atoms with Crippen molar-refractivity contribution in [2.24, 2.45) is 0 Å². The van der Waals surface area contributed by atoms with Gasteiger partial charge < -0.3 is 9.47 Å². The van der Waals surface area contributed by atoms with Crippen molar-refractivity contribution in [1.29, 1.82) is 0 Å². The summed E-state index contributed by atoms with van der Waals surface area (Å²) in [5, 5.41) is 0. The van der Waals surface area contributed by atoms with Gasteiger partial charge in [-0.1, -0.05) is 18.2 Å². The van der Waals surface area contributed by atoms with Gasteiger partial charge in [-0.3, -0.25) is 9.10 Å². The molecule has 1 saturated carbocycles. The number of esters is 1. The Hall–Kier alpha value is -2.87. The number of carbonyl (C=O) groups is 2. The van der Waals surface area contributed by atoms with Crippen LogP contribution >= 0.6 is 0 Å². The molecule has 0 N–H and O–H groups in total. The van der Waals surface area contributed by atoms with E-state index in [0.29, 0.717) is 37.9 Å². The Kier molecular flexibility index (Phi) is 5.04. The van der Waals surface area contributed by atoms with Crippen molar-refractivity contribution < 1.29 is 27.5 Å². The lowest BCUT2D eigenvalue weighted by Gasteiger charge is -2.20. The van der Waals surface area contributed by atoms with Crippen LogP contribution in [0, 0.1) is 0 Å². The molecule has 1 atom stereocenters. The van der Waals surface area contributed by atoms with E-state index in [0.717, 1.165) is 5.56 Å². The fourth-order valence-electron chi connectivity index (χ4n) is 3.79. The molecule has 2 aliphatic rings. The highest BCUT2D eigenvalue weighted by Gasteiger charge is 2.33. The van der Waals surface area contributed by atoms with E-state index >= 15 is 0 Å². The third-order valence-corrected chi connectivity index (χ3v) is 7.13. The molecule has 8 heteroatoms. The number of rotatable bonds is 5. The molecule has 1 aliphatic heterocycles. The standard InChI is InChI=1S/C21H21NO6S/c1-27-19-10-9-15(13-16(19)21(24)28-20-8-4-7-18(20)23)29(25,26)22-12-11-14-5-2-3-6-17(14)22/h2-3,5-6,9-10,13,20H,4,7-8,11-12H2,1H3/t20-/m0/s1. The number of ether oxygens (including phenoxy) is 2. The van der Waals surface area contributed by atoms with E-state index in [1.165, 1.54) is 29.6 Å². The van der Waals surface area contributed by atoms with Crippen molar-refractivity contribution >= 4 is 27.5 Å². The quantitative estimate of drug-likeness (QED) is 0.698. The number of benzene rings is 2. The molecule has 0 spiro atoms. The van der Waals surface area contributed by atoms with Crippen LogP contribution in [-0.2, 0) is 26.0 Å². The number of ketones is 1. The van der Waals surface area contributed by atoms with Crippen molar-refractivity contribution in [2.45, 2.75) is 36.7 Å². The van der Waals surface area contributed by atoms with E-state index < -0.39 is 22.1 Å². The summed E-state index contributed by atoms with van der Waals surface area (Å²) >= 11 is 0. The van der Waals surface area contributed by atoms with Gasteiger partial charge in [-0.25, -0.2) is 13.2 Å². The van der Waals surface area contributed by atoms with Gasteiger partial charge in [0.25, 0.3) is 10.0 Å². The smallest absolute Gasteiger partial charge is 0.342 e. The van der Waals surface area contributed by atoms with Gasteiger partial charge in [0.05, 0.1) is 17.7 Å². The first-order chi connectivity index (χ1) is 13.9. The second-order valence-electron chi connectivity index (χ2n) is 7.07. The van der Waals surface area contributed by atoms with Crippen molar-refractivity contribution in [3.63, 3.8) is 0 Å². The Morgan fingerprint density at radius 1 is 1.14 bits per heavy atom. The van der Waals surface area contributed by atoms with Crippen molar-refractivity contribution in [2.75, 3.05) is 18.0 Å². The molecule has 2 aromatic rings. The van der Waals surface area contributed by atoms with E-state index in [1.54, 1.807) is 12.1 Å². The molecule has 0 saturated heterocycles.